The maximum absolute atomic E-state index is 11.9. The number of carbonyl (C=O) groups is 1. The van der Waals surface area contributed by atoms with Crippen LogP contribution < -0.4 is 0 Å². The Hall–Kier alpha value is -2.10. The van der Waals surface area contributed by atoms with E-state index in [1.54, 1.807) is 13.1 Å². The van der Waals surface area contributed by atoms with Gasteiger partial charge in [0, 0.05) is 5.56 Å². The standard InChI is InChI=1S/C15H18N2O2/c1-5-19-15(18)14-12(8-16-17-14)13-10(3)6-9(2)7-11(13)4/h6-8H,5H2,1-4H3,(H,16,17). The molecule has 100 valence electrons. The van der Waals surface area contributed by atoms with E-state index in [-0.39, 0.29) is 5.97 Å². The van der Waals surface area contributed by atoms with Crippen molar-refractivity contribution in [3.05, 3.63) is 40.7 Å². The van der Waals surface area contributed by atoms with Crippen molar-refractivity contribution in [1.29, 1.82) is 0 Å². The van der Waals surface area contributed by atoms with Crippen LogP contribution in [0.2, 0.25) is 0 Å². The molecular weight excluding hydrogens is 240 g/mol. The van der Waals surface area contributed by atoms with E-state index in [1.165, 1.54) is 5.56 Å². The molecule has 1 heterocycles. The summed E-state index contributed by atoms with van der Waals surface area (Å²) in [5.41, 5.74) is 5.72. The van der Waals surface area contributed by atoms with E-state index in [2.05, 4.69) is 29.3 Å². The summed E-state index contributed by atoms with van der Waals surface area (Å²) in [5, 5.41) is 6.71. The molecule has 4 nitrogen and oxygen atoms in total. The smallest absolute Gasteiger partial charge is 0.356 e. The van der Waals surface area contributed by atoms with E-state index in [1.807, 2.05) is 13.8 Å². The van der Waals surface area contributed by atoms with Crippen molar-refractivity contribution < 1.29 is 9.53 Å². The lowest BCUT2D eigenvalue weighted by molar-refractivity contribution is 0.0520. The van der Waals surface area contributed by atoms with Crippen molar-refractivity contribution in [3.63, 3.8) is 0 Å². The highest BCUT2D eigenvalue weighted by Gasteiger charge is 2.19. The van der Waals surface area contributed by atoms with Crippen LogP contribution in [0, 0.1) is 20.8 Å². The molecule has 0 radical (unpaired) electrons. The predicted octanol–water partition coefficient (Wildman–Crippen LogP) is 3.18. The number of aryl methyl sites for hydroxylation is 3. The van der Waals surface area contributed by atoms with Gasteiger partial charge in [0.2, 0.25) is 0 Å². The van der Waals surface area contributed by atoms with Gasteiger partial charge < -0.3 is 4.74 Å². The van der Waals surface area contributed by atoms with Gasteiger partial charge in [-0.3, -0.25) is 5.10 Å². The van der Waals surface area contributed by atoms with Gasteiger partial charge >= 0.3 is 5.97 Å². The minimum Gasteiger partial charge on any atom is -0.461 e. The normalized spacial score (nSPS) is 10.5. The first kappa shape index (κ1) is 13.3. The topological polar surface area (TPSA) is 55.0 Å². The molecule has 0 atom stereocenters. The number of nitrogens with one attached hydrogen (secondary N) is 1. The summed E-state index contributed by atoms with van der Waals surface area (Å²) in [6, 6.07) is 4.20. The molecule has 1 aromatic carbocycles. The van der Waals surface area contributed by atoms with Gasteiger partial charge in [0.1, 0.15) is 0 Å². The highest BCUT2D eigenvalue weighted by atomic mass is 16.5. The molecule has 1 N–H and O–H groups in total. The second kappa shape index (κ2) is 5.26. The highest BCUT2D eigenvalue weighted by Crippen LogP contribution is 2.30. The summed E-state index contributed by atoms with van der Waals surface area (Å²) in [6.45, 7) is 8.28. The molecule has 19 heavy (non-hydrogen) atoms. The van der Waals surface area contributed by atoms with Crippen LogP contribution in [0.25, 0.3) is 11.1 Å². The van der Waals surface area contributed by atoms with Crippen LogP contribution in [-0.4, -0.2) is 22.8 Å². The Balaban J connectivity index is 2.55. The largest absolute Gasteiger partial charge is 0.461 e. The average Bonchev–Trinajstić information content (AvgIpc) is 2.77. The zero-order chi connectivity index (χ0) is 14.0. The Morgan fingerprint density at radius 1 is 1.26 bits per heavy atom. The molecule has 0 amide bonds. The average molecular weight is 258 g/mol. The number of ether oxygens (including phenoxy) is 1. The minimum absolute atomic E-state index is 0.350. The molecule has 0 unspecified atom stereocenters. The first-order chi connectivity index (χ1) is 9.04. The monoisotopic (exact) mass is 258 g/mol. The van der Waals surface area contributed by atoms with Crippen molar-refractivity contribution >= 4 is 5.97 Å². The molecule has 2 rings (SSSR count). The molecule has 2 aromatic rings. The lowest BCUT2D eigenvalue weighted by Crippen LogP contribution is -2.07. The summed E-state index contributed by atoms with van der Waals surface area (Å²) in [6.07, 6.45) is 1.68. The Labute approximate surface area is 112 Å². The third-order valence-corrected chi connectivity index (χ3v) is 3.07. The van der Waals surface area contributed by atoms with E-state index >= 15 is 0 Å². The van der Waals surface area contributed by atoms with Crippen molar-refractivity contribution in [2.75, 3.05) is 6.61 Å². The van der Waals surface area contributed by atoms with Crippen LogP contribution >= 0.6 is 0 Å². The maximum Gasteiger partial charge on any atom is 0.356 e. The molecule has 4 heteroatoms. The summed E-state index contributed by atoms with van der Waals surface area (Å²) < 4.78 is 5.04. The fourth-order valence-electron chi connectivity index (χ4n) is 2.44. The number of carbonyl (C=O) groups excluding carboxylic acids is 1. The summed E-state index contributed by atoms with van der Waals surface area (Å²) in [7, 11) is 0. The first-order valence-corrected chi connectivity index (χ1v) is 6.33. The first-order valence-electron chi connectivity index (χ1n) is 6.33. The van der Waals surface area contributed by atoms with Crippen molar-refractivity contribution in [2.24, 2.45) is 0 Å². The lowest BCUT2D eigenvalue weighted by atomic mass is 9.94. The van der Waals surface area contributed by atoms with Crippen LogP contribution in [0.5, 0.6) is 0 Å². The van der Waals surface area contributed by atoms with Crippen LogP contribution in [-0.2, 0) is 4.74 Å². The third kappa shape index (κ3) is 2.52. The predicted molar refractivity (Wildman–Crippen MR) is 74.2 cm³/mol. The molecule has 0 aliphatic carbocycles. The minimum atomic E-state index is -0.366. The van der Waals surface area contributed by atoms with Gasteiger partial charge in [-0.2, -0.15) is 5.10 Å². The van der Waals surface area contributed by atoms with Gasteiger partial charge in [-0.1, -0.05) is 17.7 Å². The molecule has 0 spiro atoms. The molecule has 0 saturated carbocycles. The van der Waals surface area contributed by atoms with Gasteiger partial charge in [-0.25, -0.2) is 4.79 Å². The highest BCUT2D eigenvalue weighted by molar-refractivity contribution is 5.96. The Morgan fingerprint density at radius 2 is 1.89 bits per heavy atom. The zero-order valence-corrected chi connectivity index (χ0v) is 11.7. The van der Waals surface area contributed by atoms with Crippen LogP contribution in [0.3, 0.4) is 0 Å². The van der Waals surface area contributed by atoms with Crippen LogP contribution in [0.1, 0.15) is 34.1 Å². The van der Waals surface area contributed by atoms with E-state index < -0.39 is 0 Å². The molecule has 0 fully saturated rings. The maximum atomic E-state index is 11.9. The fraction of sp³-hybridized carbons (Fsp3) is 0.333. The quantitative estimate of drug-likeness (QED) is 0.860. The van der Waals surface area contributed by atoms with E-state index in [4.69, 9.17) is 4.74 Å². The van der Waals surface area contributed by atoms with Gasteiger partial charge in [0.25, 0.3) is 0 Å². The molecular formula is C15H18N2O2. The third-order valence-electron chi connectivity index (χ3n) is 3.07. The molecule has 0 saturated heterocycles. The summed E-state index contributed by atoms with van der Waals surface area (Å²) in [4.78, 5) is 11.9. The van der Waals surface area contributed by atoms with Gasteiger partial charge in [0.15, 0.2) is 5.69 Å². The van der Waals surface area contributed by atoms with Gasteiger partial charge in [-0.15, -0.1) is 0 Å². The summed E-state index contributed by atoms with van der Waals surface area (Å²) in [5.74, 6) is -0.366. The van der Waals surface area contributed by atoms with Gasteiger partial charge in [-0.05, 0) is 44.4 Å². The lowest BCUT2D eigenvalue weighted by Gasteiger charge is -2.11. The Bertz CT molecular complexity index is 591. The second-order valence-electron chi connectivity index (χ2n) is 4.65. The van der Waals surface area contributed by atoms with Gasteiger partial charge in [0.05, 0.1) is 12.8 Å². The Kier molecular flexibility index (Phi) is 3.69. The fourth-order valence-corrected chi connectivity index (χ4v) is 2.44. The molecule has 0 bridgehead atoms. The van der Waals surface area contributed by atoms with E-state index in [0.717, 1.165) is 22.3 Å². The number of esters is 1. The molecule has 0 aliphatic heterocycles. The van der Waals surface area contributed by atoms with E-state index in [9.17, 15) is 4.79 Å². The number of nitrogens with zero attached hydrogens (tertiary/aromatic N) is 1. The molecule has 0 aliphatic rings. The van der Waals surface area contributed by atoms with Crippen LogP contribution in [0.15, 0.2) is 18.3 Å². The van der Waals surface area contributed by atoms with Crippen molar-refractivity contribution in [3.8, 4) is 11.1 Å². The molecule has 1 aromatic heterocycles. The van der Waals surface area contributed by atoms with E-state index in [0.29, 0.717) is 12.3 Å². The number of hydrogen-bond donors (Lipinski definition) is 1. The zero-order valence-electron chi connectivity index (χ0n) is 11.7. The summed E-state index contributed by atoms with van der Waals surface area (Å²) >= 11 is 0. The van der Waals surface area contributed by atoms with Crippen molar-refractivity contribution in [1.82, 2.24) is 10.2 Å². The number of hydrogen-bond acceptors (Lipinski definition) is 3. The number of H-pyrrole nitrogens is 1. The SMILES string of the molecule is CCOC(=O)c1[nH]ncc1-c1c(C)cc(C)cc1C. The number of rotatable bonds is 3. The number of aromatic amines is 1. The second-order valence-corrected chi connectivity index (χ2v) is 4.65. The Morgan fingerprint density at radius 3 is 2.47 bits per heavy atom. The van der Waals surface area contributed by atoms with Crippen LogP contribution in [0.4, 0.5) is 0 Å². The number of benzene rings is 1. The van der Waals surface area contributed by atoms with Crippen molar-refractivity contribution in [2.45, 2.75) is 27.7 Å². The number of aromatic nitrogens is 2.